The summed E-state index contributed by atoms with van der Waals surface area (Å²) in [4.78, 5) is 30.4. The molecule has 0 atom stereocenters. The molecule has 4 heterocycles. The fourth-order valence-electron chi connectivity index (χ4n) is 3.81. The second-order valence-corrected chi connectivity index (χ2v) is 8.60. The minimum atomic E-state index is -0.905. The lowest BCUT2D eigenvalue weighted by molar-refractivity contribution is 0.140. The van der Waals surface area contributed by atoms with E-state index in [2.05, 4.69) is 4.98 Å². The number of fused-ring (bicyclic) bond motifs is 3. The Bertz CT molecular complexity index is 1380. The molecule has 0 saturated heterocycles. The zero-order chi connectivity index (χ0) is 22.2. The molecule has 1 aromatic carbocycles. The third kappa shape index (κ3) is 3.82. The highest BCUT2D eigenvalue weighted by Crippen LogP contribution is 2.36. The predicted octanol–water partition coefficient (Wildman–Crippen LogP) is 4.20. The van der Waals surface area contributed by atoms with Gasteiger partial charge in [0.25, 0.3) is 5.56 Å². The molecule has 5 rings (SSSR count). The van der Waals surface area contributed by atoms with Crippen molar-refractivity contribution in [1.82, 2.24) is 14.5 Å². The number of rotatable bonds is 4. The van der Waals surface area contributed by atoms with Crippen molar-refractivity contribution in [2.24, 2.45) is 0 Å². The molecular formula is C23H18FN3O4S. The van der Waals surface area contributed by atoms with Gasteiger partial charge in [-0.15, -0.1) is 11.3 Å². The average molecular weight is 451 g/mol. The summed E-state index contributed by atoms with van der Waals surface area (Å²) >= 11 is 1.60. The van der Waals surface area contributed by atoms with E-state index >= 15 is 0 Å². The van der Waals surface area contributed by atoms with Crippen molar-refractivity contribution in [2.45, 2.75) is 19.6 Å². The van der Waals surface area contributed by atoms with Gasteiger partial charge in [-0.25, -0.2) is 9.18 Å². The van der Waals surface area contributed by atoms with E-state index in [1.54, 1.807) is 28.2 Å². The molecule has 1 aliphatic heterocycles. The standard InChI is InChI=1S/C23H18FN3O4S/c24-14-1-2-15(25-11-14)13-31-17-5-8-27(22(28)10-17)16-3-4-20-19(9-16)18-6-7-26(23(29)30)12-21(18)32-20/h1-5,8-11H,6-7,12-13H2,(H,29,30). The van der Waals surface area contributed by atoms with Crippen LogP contribution in [0.15, 0.2) is 59.7 Å². The Morgan fingerprint density at radius 3 is 2.84 bits per heavy atom. The fourth-order valence-corrected chi connectivity index (χ4v) is 5.06. The van der Waals surface area contributed by atoms with E-state index in [9.17, 15) is 19.1 Å². The van der Waals surface area contributed by atoms with Gasteiger partial charge in [0.05, 0.1) is 18.4 Å². The zero-order valence-corrected chi connectivity index (χ0v) is 17.6. The minimum absolute atomic E-state index is 0.129. The Hall–Kier alpha value is -3.72. The molecule has 1 N–H and O–H groups in total. The van der Waals surface area contributed by atoms with Crippen molar-refractivity contribution in [3.63, 3.8) is 0 Å². The van der Waals surface area contributed by atoms with Crippen molar-refractivity contribution < 1.29 is 19.0 Å². The van der Waals surface area contributed by atoms with E-state index in [4.69, 9.17) is 4.74 Å². The van der Waals surface area contributed by atoms with Crippen LogP contribution in [0.3, 0.4) is 0 Å². The van der Waals surface area contributed by atoms with Crippen LogP contribution in [0.25, 0.3) is 15.8 Å². The van der Waals surface area contributed by atoms with Gasteiger partial charge in [-0.2, -0.15) is 0 Å². The fraction of sp³-hybridized carbons (Fsp3) is 0.174. The number of thiophene rings is 1. The molecule has 9 heteroatoms. The van der Waals surface area contributed by atoms with E-state index in [0.29, 0.717) is 31.0 Å². The maximum atomic E-state index is 13.0. The first-order valence-electron chi connectivity index (χ1n) is 9.96. The Morgan fingerprint density at radius 2 is 2.09 bits per heavy atom. The second-order valence-electron chi connectivity index (χ2n) is 7.47. The SMILES string of the molecule is O=C(O)N1CCc2c(sc3ccc(-n4ccc(OCc5ccc(F)cn5)cc4=O)cc23)C1. The van der Waals surface area contributed by atoms with Crippen molar-refractivity contribution in [2.75, 3.05) is 6.54 Å². The number of amides is 1. The molecule has 0 spiro atoms. The summed E-state index contributed by atoms with van der Waals surface area (Å²) in [6.45, 7) is 0.992. The summed E-state index contributed by atoms with van der Waals surface area (Å²) in [5.41, 5.74) is 2.21. The van der Waals surface area contributed by atoms with Crippen LogP contribution in [-0.2, 0) is 19.6 Å². The lowest BCUT2D eigenvalue weighted by atomic mass is 10.0. The topological polar surface area (TPSA) is 84.7 Å². The van der Waals surface area contributed by atoms with Gasteiger partial charge in [-0.1, -0.05) is 0 Å². The lowest BCUT2D eigenvalue weighted by Crippen LogP contribution is -2.33. The molecule has 162 valence electrons. The maximum absolute atomic E-state index is 13.0. The molecule has 0 radical (unpaired) electrons. The Balaban J connectivity index is 1.39. The predicted molar refractivity (Wildman–Crippen MR) is 118 cm³/mol. The van der Waals surface area contributed by atoms with Crippen LogP contribution in [0.4, 0.5) is 9.18 Å². The van der Waals surface area contributed by atoms with E-state index < -0.39 is 11.9 Å². The molecule has 32 heavy (non-hydrogen) atoms. The first-order chi connectivity index (χ1) is 15.5. The Morgan fingerprint density at radius 1 is 1.22 bits per heavy atom. The smallest absolute Gasteiger partial charge is 0.407 e. The average Bonchev–Trinajstić information content (AvgIpc) is 3.16. The summed E-state index contributed by atoms with van der Waals surface area (Å²) in [6.07, 6.45) is 2.53. The summed E-state index contributed by atoms with van der Waals surface area (Å²) in [5, 5.41) is 10.3. The van der Waals surface area contributed by atoms with Crippen molar-refractivity contribution in [3.05, 3.63) is 87.2 Å². The van der Waals surface area contributed by atoms with E-state index in [1.807, 2.05) is 18.2 Å². The number of hydrogen-bond donors (Lipinski definition) is 1. The highest BCUT2D eigenvalue weighted by atomic mass is 32.1. The first kappa shape index (κ1) is 20.2. The van der Waals surface area contributed by atoms with Gasteiger partial charge in [-0.3, -0.25) is 14.3 Å². The van der Waals surface area contributed by atoms with E-state index in [1.165, 1.54) is 23.1 Å². The van der Waals surface area contributed by atoms with E-state index in [-0.39, 0.29) is 12.2 Å². The van der Waals surface area contributed by atoms with Gasteiger partial charge in [0.1, 0.15) is 18.2 Å². The first-order valence-corrected chi connectivity index (χ1v) is 10.8. The highest BCUT2D eigenvalue weighted by Gasteiger charge is 2.24. The van der Waals surface area contributed by atoms with Crippen LogP contribution >= 0.6 is 11.3 Å². The third-order valence-electron chi connectivity index (χ3n) is 5.44. The van der Waals surface area contributed by atoms with Crippen LogP contribution in [0.2, 0.25) is 0 Å². The molecule has 0 saturated carbocycles. The third-order valence-corrected chi connectivity index (χ3v) is 6.64. The number of aromatic nitrogens is 2. The molecule has 0 bridgehead atoms. The quantitative estimate of drug-likeness (QED) is 0.503. The minimum Gasteiger partial charge on any atom is -0.487 e. The van der Waals surface area contributed by atoms with Gasteiger partial charge in [0.2, 0.25) is 0 Å². The second kappa shape index (κ2) is 8.08. The molecule has 0 unspecified atom stereocenters. The molecule has 1 amide bonds. The van der Waals surface area contributed by atoms with Gasteiger partial charge >= 0.3 is 6.09 Å². The number of nitrogens with zero attached hydrogens (tertiary/aromatic N) is 3. The van der Waals surface area contributed by atoms with Crippen LogP contribution in [0.5, 0.6) is 5.75 Å². The van der Waals surface area contributed by atoms with Crippen LogP contribution < -0.4 is 10.3 Å². The van der Waals surface area contributed by atoms with E-state index in [0.717, 1.165) is 32.4 Å². The van der Waals surface area contributed by atoms with Crippen molar-refractivity contribution in [1.29, 1.82) is 0 Å². The maximum Gasteiger partial charge on any atom is 0.407 e. The number of carbonyl (C=O) groups is 1. The van der Waals surface area contributed by atoms with Gasteiger partial charge in [0, 0.05) is 34.1 Å². The van der Waals surface area contributed by atoms with Gasteiger partial charge in [-0.05, 0) is 53.8 Å². The van der Waals surface area contributed by atoms with Crippen LogP contribution in [-0.4, -0.2) is 32.2 Å². The number of ether oxygens (including phenoxy) is 1. The molecule has 0 aliphatic carbocycles. The van der Waals surface area contributed by atoms with Crippen LogP contribution in [0.1, 0.15) is 16.1 Å². The number of carboxylic acid groups (broad SMARTS) is 1. The number of benzene rings is 1. The lowest BCUT2D eigenvalue weighted by Gasteiger charge is -2.24. The Kier molecular flexibility index (Phi) is 5.10. The molecule has 0 fully saturated rings. The van der Waals surface area contributed by atoms with Gasteiger partial charge < -0.3 is 14.7 Å². The highest BCUT2D eigenvalue weighted by molar-refractivity contribution is 7.19. The van der Waals surface area contributed by atoms with Crippen LogP contribution in [0, 0.1) is 5.82 Å². The number of halogens is 1. The number of hydrogen-bond acceptors (Lipinski definition) is 5. The van der Waals surface area contributed by atoms with Gasteiger partial charge in [0.15, 0.2) is 0 Å². The van der Waals surface area contributed by atoms with Crippen molar-refractivity contribution in [3.8, 4) is 11.4 Å². The number of pyridine rings is 2. The summed E-state index contributed by atoms with van der Waals surface area (Å²) < 4.78 is 21.2. The molecule has 1 aliphatic rings. The van der Waals surface area contributed by atoms with Crippen molar-refractivity contribution >= 4 is 27.5 Å². The normalized spacial score (nSPS) is 13.2. The zero-order valence-electron chi connectivity index (χ0n) is 16.8. The monoisotopic (exact) mass is 451 g/mol. The molecule has 4 aromatic rings. The summed E-state index contributed by atoms with van der Waals surface area (Å²) in [7, 11) is 0. The molecule has 3 aromatic heterocycles. The largest absolute Gasteiger partial charge is 0.487 e. The molecular weight excluding hydrogens is 433 g/mol. The summed E-state index contributed by atoms with van der Waals surface area (Å²) in [6, 6.07) is 11.8. The Labute approximate surface area is 185 Å². The molecule has 7 nitrogen and oxygen atoms in total. The summed E-state index contributed by atoms with van der Waals surface area (Å²) in [5.74, 6) is -0.0143.